The average molecular weight is 343 g/mol. The van der Waals surface area contributed by atoms with Crippen LogP contribution in [0.1, 0.15) is 31.1 Å². The molecule has 0 spiro atoms. The van der Waals surface area contributed by atoms with Crippen LogP contribution in [-0.4, -0.2) is 52.0 Å². The van der Waals surface area contributed by atoms with E-state index in [9.17, 15) is 4.79 Å². The van der Waals surface area contributed by atoms with E-state index >= 15 is 0 Å². The minimum absolute atomic E-state index is 0.170. The molecule has 134 valence electrons. The molecule has 1 saturated heterocycles. The summed E-state index contributed by atoms with van der Waals surface area (Å²) in [6.45, 7) is 7.85. The number of carbonyl (C=O) groups is 1. The fourth-order valence-corrected chi connectivity index (χ4v) is 3.12. The second kappa shape index (κ2) is 7.33. The number of piperazine rings is 1. The Bertz CT molecular complexity index is 705. The van der Waals surface area contributed by atoms with E-state index in [0.29, 0.717) is 31.3 Å². The zero-order chi connectivity index (χ0) is 17.9. The van der Waals surface area contributed by atoms with Gasteiger partial charge in [-0.3, -0.25) is 9.69 Å². The molecule has 0 atom stereocenters. The first kappa shape index (κ1) is 17.6. The van der Waals surface area contributed by atoms with E-state index in [1.165, 1.54) is 0 Å². The van der Waals surface area contributed by atoms with Crippen LogP contribution in [0.2, 0.25) is 0 Å². The van der Waals surface area contributed by atoms with Crippen LogP contribution in [0.4, 0.5) is 0 Å². The fourth-order valence-electron chi connectivity index (χ4n) is 3.12. The van der Waals surface area contributed by atoms with Crippen molar-refractivity contribution in [2.24, 2.45) is 5.73 Å². The molecule has 3 rings (SSSR count). The van der Waals surface area contributed by atoms with Gasteiger partial charge in [0.2, 0.25) is 11.8 Å². The third-order valence-corrected chi connectivity index (χ3v) is 4.74. The second-order valence-corrected chi connectivity index (χ2v) is 6.87. The van der Waals surface area contributed by atoms with Gasteiger partial charge >= 0.3 is 0 Å². The van der Waals surface area contributed by atoms with Gasteiger partial charge in [-0.2, -0.15) is 4.98 Å². The number of aromatic nitrogens is 2. The van der Waals surface area contributed by atoms with E-state index < -0.39 is 5.41 Å². The van der Waals surface area contributed by atoms with Crippen LogP contribution < -0.4 is 5.73 Å². The Morgan fingerprint density at radius 1 is 1.20 bits per heavy atom. The summed E-state index contributed by atoms with van der Waals surface area (Å²) >= 11 is 0. The molecule has 1 fully saturated rings. The van der Waals surface area contributed by atoms with Crippen molar-refractivity contribution in [3.05, 3.63) is 47.6 Å². The first-order valence-corrected chi connectivity index (χ1v) is 8.59. The summed E-state index contributed by atoms with van der Waals surface area (Å²) in [4.78, 5) is 21.4. The minimum atomic E-state index is -0.521. The SMILES string of the molecule is CC(C)(C(=O)N1CCN(Cc2noc(CN)n2)CC1)c1ccccc1. The van der Waals surface area contributed by atoms with Crippen LogP contribution in [0.5, 0.6) is 0 Å². The number of hydrogen-bond donors (Lipinski definition) is 1. The molecule has 25 heavy (non-hydrogen) atoms. The summed E-state index contributed by atoms with van der Waals surface area (Å²) in [5.41, 5.74) is 6.01. The first-order chi connectivity index (χ1) is 12.0. The molecule has 1 amide bonds. The van der Waals surface area contributed by atoms with Crippen molar-refractivity contribution in [1.82, 2.24) is 19.9 Å². The lowest BCUT2D eigenvalue weighted by Gasteiger charge is -2.38. The number of nitrogens with two attached hydrogens (primary N) is 1. The van der Waals surface area contributed by atoms with Crippen molar-refractivity contribution < 1.29 is 9.32 Å². The van der Waals surface area contributed by atoms with E-state index in [-0.39, 0.29) is 12.5 Å². The van der Waals surface area contributed by atoms with Gasteiger partial charge in [-0.15, -0.1) is 0 Å². The maximum atomic E-state index is 13.0. The Morgan fingerprint density at radius 2 is 1.88 bits per heavy atom. The van der Waals surface area contributed by atoms with Crippen LogP contribution in [0.25, 0.3) is 0 Å². The number of hydrogen-bond acceptors (Lipinski definition) is 6. The molecule has 2 N–H and O–H groups in total. The average Bonchev–Trinajstić information content (AvgIpc) is 3.10. The molecule has 1 aromatic carbocycles. The van der Waals surface area contributed by atoms with Crippen molar-refractivity contribution in [3.8, 4) is 0 Å². The van der Waals surface area contributed by atoms with Gasteiger partial charge in [0.25, 0.3) is 0 Å². The Labute approximate surface area is 147 Å². The molecule has 1 aliphatic rings. The normalized spacial score (nSPS) is 16.2. The number of rotatable bonds is 5. The molecule has 0 radical (unpaired) electrons. The summed E-state index contributed by atoms with van der Waals surface area (Å²) in [5, 5.41) is 3.93. The van der Waals surface area contributed by atoms with Crippen molar-refractivity contribution in [1.29, 1.82) is 0 Å². The van der Waals surface area contributed by atoms with E-state index in [0.717, 1.165) is 18.7 Å². The molecule has 0 aliphatic carbocycles. The van der Waals surface area contributed by atoms with E-state index in [1.807, 2.05) is 49.1 Å². The lowest BCUT2D eigenvalue weighted by atomic mass is 9.83. The molecular weight excluding hydrogens is 318 g/mol. The number of benzene rings is 1. The van der Waals surface area contributed by atoms with Gasteiger partial charge in [0.1, 0.15) is 0 Å². The largest absolute Gasteiger partial charge is 0.339 e. The summed E-state index contributed by atoms with van der Waals surface area (Å²) < 4.78 is 5.03. The number of amides is 1. The molecule has 0 bridgehead atoms. The Hall–Kier alpha value is -2.25. The standard InChI is InChI=1S/C18H25N5O2/c1-18(2,14-6-4-3-5-7-14)17(24)23-10-8-22(9-11-23)13-15-20-16(12-19)25-21-15/h3-7H,8-13,19H2,1-2H3. The predicted octanol–water partition coefficient (Wildman–Crippen LogP) is 1.15. The third-order valence-electron chi connectivity index (χ3n) is 4.74. The smallest absolute Gasteiger partial charge is 0.240 e. The van der Waals surface area contributed by atoms with Gasteiger partial charge in [0.15, 0.2) is 5.82 Å². The molecule has 1 aliphatic heterocycles. The number of carbonyl (C=O) groups excluding carboxylic acids is 1. The zero-order valence-electron chi connectivity index (χ0n) is 14.8. The lowest BCUT2D eigenvalue weighted by Crippen LogP contribution is -2.52. The monoisotopic (exact) mass is 343 g/mol. The van der Waals surface area contributed by atoms with Crippen molar-refractivity contribution in [2.75, 3.05) is 26.2 Å². The fraction of sp³-hybridized carbons (Fsp3) is 0.500. The van der Waals surface area contributed by atoms with Gasteiger partial charge < -0.3 is 15.2 Å². The second-order valence-electron chi connectivity index (χ2n) is 6.87. The highest BCUT2D eigenvalue weighted by atomic mass is 16.5. The van der Waals surface area contributed by atoms with Gasteiger partial charge in [-0.05, 0) is 19.4 Å². The molecule has 7 nitrogen and oxygen atoms in total. The maximum Gasteiger partial charge on any atom is 0.240 e. The molecule has 1 aromatic heterocycles. The highest BCUT2D eigenvalue weighted by molar-refractivity contribution is 5.87. The van der Waals surface area contributed by atoms with Gasteiger partial charge in [-0.1, -0.05) is 35.5 Å². The maximum absolute atomic E-state index is 13.0. The van der Waals surface area contributed by atoms with Crippen molar-refractivity contribution in [2.45, 2.75) is 32.4 Å². The lowest BCUT2D eigenvalue weighted by molar-refractivity contribution is -0.138. The minimum Gasteiger partial charge on any atom is -0.339 e. The summed E-state index contributed by atoms with van der Waals surface area (Å²) in [6, 6.07) is 9.95. The molecule has 2 aromatic rings. The van der Waals surface area contributed by atoms with E-state index in [2.05, 4.69) is 15.0 Å². The predicted molar refractivity (Wildman–Crippen MR) is 93.5 cm³/mol. The number of nitrogens with zero attached hydrogens (tertiary/aromatic N) is 4. The third kappa shape index (κ3) is 3.88. The molecule has 0 unspecified atom stereocenters. The highest BCUT2D eigenvalue weighted by Gasteiger charge is 2.35. The quantitative estimate of drug-likeness (QED) is 0.876. The van der Waals surface area contributed by atoms with Crippen molar-refractivity contribution >= 4 is 5.91 Å². The highest BCUT2D eigenvalue weighted by Crippen LogP contribution is 2.26. The topological polar surface area (TPSA) is 88.5 Å². The van der Waals surface area contributed by atoms with Gasteiger partial charge in [0.05, 0.1) is 18.5 Å². The zero-order valence-corrected chi connectivity index (χ0v) is 14.8. The Morgan fingerprint density at radius 3 is 2.48 bits per heavy atom. The molecule has 0 saturated carbocycles. The summed E-state index contributed by atoms with van der Waals surface area (Å²) in [5.74, 6) is 1.27. The van der Waals surface area contributed by atoms with Gasteiger partial charge in [-0.25, -0.2) is 0 Å². The van der Waals surface area contributed by atoms with Crippen LogP contribution in [0.15, 0.2) is 34.9 Å². The van der Waals surface area contributed by atoms with E-state index in [1.54, 1.807) is 0 Å². The van der Waals surface area contributed by atoms with Crippen LogP contribution in [0.3, 0.4) is 0 Å². The summed E-state index contributed by atoms with van der Waals surface area (Å²) in [7, 11) is 0. The van der Waals surface area contributed by atoms with Crippen molar-refractivity contribution in [3.63, 3.8) is 0 Å². The Kier molecular flexibility index (Phi) is 5.15. The molecule has 2 heterocycles. The van der Waals surface area contributed by atoms with Crippen LogP contribution in [-0.2, 0) is 23.3 Å². The summed E-state index contributed by atoms with van der Waals surface area (Å²) in [6.07, 6.45) is 0. The molecular formula is C18H25N5O2. The molecule has 7 heteroatoms. The van der Waals surface area contributed by atoms with Crippen LogP contribution in [0, 0.1) is 0 Å². The van der Waals surface area contributed by atoms with Crippen LogP contribution >= 0.6 is 0 Å². The van der Waals surface area contributed by atoms with Gasteiger partial charge in [0, 0.05) is 26.2 Å². The Balaban J connectivity index is 1.57. The van der Waals surface area contributed by atoms with E-state index in [4.69, 9.17) is 10.3 Å². The first-order valence-electron chi connectivity index (χ1n) is 8.59.